The number of benzene rings is 5. The maximum absolute atomic E-state index is 11.0. The highest BCUT2D eigenvalue weighted by molar-refractivity contribution is 7.12. The van der Waals surface area contributed by atoms with Crippen molar-refractivity contribution in [2.75, 3.05) is 121 Å². The molecule has 0 bridgehead atoms. The molecule has 1 aliphatic heterocycles. The molecule has 32 nitrogen and oxygen atoms in total. The SMILES string of the molecule is CC(=O)Nc1ccc(Nc2nc(N)n(-c3ccccn3)n2)cc1.CCN(CC)c1ccc(Nc2nc(N)n(-c3ccc(C#N)cn3)n2)cc1.CCN(CC)c1ccc(Nc2nc(N)n(-c3nc(-c4ccccc4)cs3)n2)cc1.CCN(CC)c1ccc(Nc2nc(N)n(-c3nccc(N4CCCCC4)n3)n2)cc1. The number of rotatable bonds is 24. The summed E-state index contributed by atoms with van der Waals surface area (Å²) < 4.78 is 5.91. The quantitative estimate of drug-likeness (QED) is 0.0271. The number of aromatic nitrogens is 17. The standard InChI is InChI=1S/C21H29N9.C21H23N7S.C18H20N8.C15H15N7O/c1-3-28(4-2)17-10-8-16(9-11-17)24-20-26-19(22)30(27-20)21-23-13-12-18(25-21)29-14-6-5-7-15-29;1-3-27(4-2)17-12-10-16(11-13-17)23-20-25-19(22)28(26-20)21-24-18(14-29-21)15-8-6-5-7-9-15;1-3-25(4-2)15-8-6-14(7-9-15)22-18-23-17(20)26(24-18)16-10-5-13(11-19)12-21-16;1-10(23)18-11-5-7-12(8-6-11)19-15-20-14(16)22(21-15)13-4-2-3-9-17-13/h8-13H,3-7,14-15H2,1-2H3,(H3,22,24,26,27);5-14H,3-4H2,1-2H3,(H3,22,23,25,26);5-10,12H,3-4H2,1-2H3,(H3,20,22,23,24);2-9H,1H3,(H,18,23)(H3,16,19,20,21). The molecule has 1 saturated heterocycles. The number of carbonyl (C=O) groups excluding carboxylic acids is 1. The predicted molar refractivity (Wildman–Crippen MR) is 430 cm³/mol. The molecule has 33 heteroatoms. The molecule has 13 N–H and O–H groups in total. The zero-order chi connectivity index (χ0) is 75.9. The first-order valence-electron chi connectivity index (χ1n) is 35.4. The molecule has 0 aliphatic carbocycles. The number of nitrogens with one attached hydrogen (secondary N) is 5. The van der Waals surface area contributed by atoms with E-state index in [1.807, 2.05) is 109 Å². The van der Waals surface area contributed by atoms with Crippen molar-refractivity contribution >= 4 is 116 Å². The van der Waals surface area contributed by atoms with Crippen LogP contribution >= 0.6 is 11.3 Å². The molecule has 0 unspecified atom stereocenters. The van der Waals surface area contributed by atoms with Crippen LogP contribution in [0.1, 0.15) is 73.3 Å². The number of nitrogen functional groups attached to an aromatic ring is 4. The summed E-state index contributed by atoms with van der Waals surface area (Å²) in [5.41, 5.74) is 34.1. The second kappa shape index (κ2) is 36.6. The number of pyridine rings is 2. The maximum Gasteiger partial charge on any atom is 0.255 e. The third kappa shape index (κ3) is 19.7. The monoisotopic (exact) mass is 1470 g/mol. The number of hydrogen-bond donors (Lipinski definition) is 9. The Morgan fingerprint density at radius 2 is 0.889 bits per heavy atom. The number of amides is 1. The van der Waals surface area contributed by atoms with Crippen LogP contribution in [-0.2, 0) is 4.79 Å². The van der Waals surface area contributed by atoms with E-state index in [9.17, 15) is 4.79 Å². The highest BCUT2D eigenvalue weighted by Gasteiger charge is 2.19. The molecular weight excluding hydrogens is 1380 g/mol. The van der Waals surface area contributed by atoms with Crippen LogP contribution < -0.4 is 69.1 Å². The van der Waals surface area contributed by atoms with Gasteiger partial charge in [-0.05, 0) is 188 Å². The van der Waals surface area contributed by atoms with Gasteiger partial charge in [-0.1, -0.05) is 36.4 Å². The summed E-state index contributed by atoms with van der Waals surface area (Å²) in [5.74, 6) is 4.87. The van der Waals surface area contributed by atoms with E-state index in [1.165, 1.54) is 74.8 Å². The Morgan fingerprint density at radius 3 is 1.33 bits per heavy atom. The zero-order valence-corrected chi connectivity index (χ0v) is 62.0. The summed E-state index contributed by atoms with van der Waals surface area (Å²) in [6.07, 6.45) is 8.51. The van der Waals surface area contributed by atoms with Gasteiger partial charge in [0.25, 0.3) is 5.95 Å². The van der Waals surface area contributed by atoms with E-state index in [1.54, 1.807) is 47.4 Å². The van der Waals surface area contributed by atoms with Gasteiger partial charge in [-0.3, -0.25) is 4.79 Å². The van der Waals surface area contributed by atoms with E-state index in [0.717, 1.165) is 97.9 Å². The predicted octanol–water partition coefficient (Wildman–Crippen LogP) is 12.4. The van der Waals surface area contributed by atoms with Crippen molar-refractivity contribution in [3.63, 3.8) is 0 Å². The van der Waals surface area contributed by atoms with Gasteiger partial charge >= 0.3 is 0 Å². The first-order valence-corrected chi connectivity index (χ1v) is 36.3. The van der Waals surface area contributed by atoms with Crippen LogP contribution in [0.25, 0.3) is 34.0 Å². The fourth-order valence-electron chi connectivity index (χ4n) is 11.4. The van der Waals surface area contributed by atoms with Crippen LogP contribution in [-0.4, -0.2) is 142 Å². The Labute approximate surface area is 629 Å². The molecule has 0 spiro atoms. The van der Waals surface area contributed by atoms with Crippen LogP contribution in [0.3, 0.4) is 0 Å². The largest absolute Gasteiger partial charge is 0.372 e. The van der Waals surface area contributed by atoms with Crippen molar-refractivity contribution in [2.24, 2.45) is 0 Å². The molecular formula is C75H87N31OS. The number of hydrogen-bond acceptors (Lipinski definition) is 28. The molecule has 8 aromatic heterocycles. The molecule has 1 aliphatic rings. The van der Waals surface area contributed by atoms with E-state index in [0.29, 0.717) is 58.0 Å². The average Bonchev–Trinajstić information content (AvgIpc) is 1.66. The lowest BCUT2D eigenvalue weighted by Gasteiger charge is -2.27. The van der Waals surface area contributed by atoms with E-state index in [2.05, 4.69) is 189 Å². The summed E-state index contributed by atoms with van der Waals surface area (Å²) in [5, 5.41) is 44.4. The Kier molecular flexibility index (Phi) is 25.5. The van der Waals surface area contributed by atoms with Gasteiger partial charge in [-0.15, -0.1) is 31.7 Å². The molecule has 9 heterocycles. The maximum atomic E-state index is 11.0. The topological polar surface area (TPSA) is 405 Å². The molecule has 1 amide bonds. The summed E-state index contributed by atoms with van der Waals surface area (Å²) in [4.78, 5) is 59.2. The molecule has 0 radical (unpaired) electrons. The lowest BCUT2D eigenvalue weighted by atomic mass is 10.1. The number of carbonyl (C=O) groups is 1. The van der Waals surface area contributed by atoms with Crippen LogP contribution in [0.15, 0.2) is 188 Å². The minimum atomic E-state index is -0.116. The van der Waals surface area contributed by atoms with Gasteiger partial charge in [-0.25, -0.2) is 19.9 Å². The Bertz CT molecular complexity index is 5000. The minimum Gasteiger partial charge on any atom is -0.372 e. The number of nitriles is 1. The fraction of sp³-hybridized carbons (Fsp3) is 0.240. The highest BCUT2D eigenvalue weighted by atomic mass is 32.1. The van der Waals surface area contributed by atoms with E-state index >= 15 is 0 Å². The summed E-state index contributed by atoms with van der Waals surface area (Å²) >= 11 is 1.48. The molecule has 14 rings (SSSR count). The number of anilines is 17. The van der Waals surface area contributed by atoms with Gasteiger partial charge in [0.15, 0.2) is 11.6 Å². The Balaban J connectivity index is 0.000000144. The average molecular weight is 1470 g/mol. The third-order valence-electron chi connectivity index (χ3n) is 16.9. The lowest BCUT2D eigenvalue weighted by Crippen LogP contribution is -2.30. The zero-order valence-electron chi connectivity index (χ0n) is 61.1. The third-order valence-corrected chi connectivity index (χ3v) is 17.8. The summed E-state index contributed by atoms with van der Waals surface area (Å²) in [6, 6.07) is 54.4. The highest BCUT2D eigenvalue weighted by Crippen LogP contribution is 2.29. The Morgan fingerprint density at radius 1 is 0.454 bits per heavy atom. The molecule has 554 valence electrons. The normalized spacial score (nSPS) is 11.5. The van der Waals surface area contributed by atoms with Gasteiger partial charge < -0.3 is 69.1 Å². The van der Waals surface area contributed by atoms with Crippen LogP contribution in [0.4, 0.5) is 98.9 Å². The smallest absolute Gasteiger partial charge is 0.255 e. The van der Waals surface area contributed by atoms with Crippen molar-refractivity contribution in [1.29, 1.82) is 5.26 Å². The second-order valence-electron chi connectivity index (χ2n) is 24.1. The van der Waals surface area contributed by atoms with Crippen LogP contribution in [0.2, 0.25) is 0 Å². The number of nitrogens with two attached hydrogens (primary N) is 4. The molecule has 5 aromatic carbocycles. The molecule has 0 atom stereocenters. The molecule has 1 fully saturated rings. The molecule has 13 aromatic rings. The van der Waals surface area contributed by atoms with Crippen LogP contribution in [0, 0.1) is 11.3 Å². The fourth-order valence-corrected chi connectivity index (χ4v) is 12.2. The number of thiazole rings is 1. The minimum absolute atomic E-state index is 0.116. The van der Waals surface area contributed by atoms with Gasteiger partial charge in [0.1, 0.15) is 11.9 Å². The number of nitrogens with zero attached hydrogens (tertiary/aromatic N) is 22. The van der Waals surface area contributed by atoms with Crippen molar-refractivity contribution in [1.82, 2.24) is 84.0 Å². The van der Waals surface area contributed by atoms with Gasteiger partial charge in [0, 0.05) is 134 Å². The van der Waals surface area contributed by atoms with Gasteiger partial charge in [0.05, 0.1) is 11.3 Å². The van der Waals surface area contributed by atoms with Crippen molar-refractivity contribution in [2.45, 2.75) is 67.7 Å². The molecule has 108 heavy (non-hydrogen) atoms. The number of piperidine rings is 1. The van der Waals surface area contributed by atoms with E-state index in [4.69, 9.17) is 28.2 Å². The first kappa shape index (κ1) is 75.4. The van der Waals surface area contributed by atoms with E-state index in [-0.39, 0.29) is 23.8 Å². The van der Waals surface area contributed by atoms with Crippen LogP contribution in [0.5, 0.6) is 0 Å². The van der Waals surface area contributed by atoms with Crippen molar-refractivity contribution in [3.8, 4) is 40.0 Å². The summed E-state index contributed by atoms with van der Waals surface area (Å²) in [7, 11) is 0. The summed E-state index contributed by atoms with van der Waals surface area (Å²) in [6.45, 7) is 22.2. The molecule has 0 saturated carbocycles. The van der Waals surface area contributed by atoms with E-state index < -0.39 is 0 Å². The Hall–Kier alpha value is -13.8. The van der Waals surface area contributed by atoms with Gasteiger partial charge in [0.2, 0.25) is 58.6 Å². The van der Waals surface area contributed by atoms with Crippen molar-refractivity contribution < 1.29 is 4.79 Å². The first-order chi connectivity index (χ1) is 52.6. The second-order valence-corrected chi connectivity index (χ2v) is 24.9. The van der Waals surface area contributed by atoms with Crippen molar-refractivity contribution in [3.05, 3.63) is 193 Å². The lowest BCUT2D eigenvalue weighted by molar-refractivity contribution is -0.114. The van der Waals surface area contributed by atoms with Gasteiger partial charge in [-0.2, -0.15) is 48.9 Å².